The lowest BCUT2D eigenvalue weighted by molar-refractivity contribution is 0.299. The second kappa shape index (κ2) is 6.16. The number of nitrogens with one attached hydrogen (secondary N) is 1. The zero-order chi connectivity index (χ0) is 14.5. The largest absolute Gasteiger partial charge is 0.504 e. The Hall–Kier alpha value is -2.40. The van der Waals surface area contributed by atoms with Gasteiger partial charge < -0.3 is 25.7 Å². The van der Waals surface area contributed by atoms with E-state index in [1.165, 1.54) is 12.1 Å². The molecule has 5 N–H and O–H groups in total. The van der Waals surface area contributed by atoms with Crippen LogP contribution >= 0.6 is 0 Å². The van der Waals surface area contributed by atoms with Crippen LogP contribution in [0.5, 0.6) is 17.2 Å². The third-order valence-electron chi connectivity index (χ3n) is 3.05. The molecule has 0 radical (unpaired) electrons. The summed E-state index contributed by atoms with van der Waals surface area (Å²) >= 11 is 0. The maximum atomic E-state index is 9.69. The number of hydrogen-bond acceptors (Lipinski definition) is 5. The molecule has 0 aliphatic heterocycles. The molecule has 5 heteroatoms. The van der Waals surface area contributed by atoms with Gasteiger partial charge in [-0.3, -0.25) is 0 Å². The Morgan fingerprint density at radius 1 is 0.850 bits per heavy atom. The van der Waals surface area contributed by atoms with Gasteiger partial charge in [-0.2, -0.15) is 0 Å². The first-order chi connectivity index (χ1) is 9.61. The highest BCUT2D eigenvalue weighted by atomic mass is 16.3. The predicted molar refractivity (Wildman–Crippen MR) is 76.0 cm³/mol. The Kier molecular flexibility index (Phi) is 4.32. The molecular weight excluding hydrogens is 258 g/mol. The van der Waals surface area contributed by atoms with Crippen molar-refractivity contribution in [2.24, 2.45) is 0 Å². The molecule has 0 aliphatic rings. The molecule has 0 saturated carbocycles. The first kappa shape index (κ1) is 14.0. The highest BCUT2D eigenvalue weighted by Crippen LogP contribution is 2.37. The monoisotopic (exact) mass is 275 g/mol. The van der Waals surface area contributed by atoms with Crippen molar-refractivity contribution in [3.63, 3.8) is 0 Å². The van der Waals surface area contributed by atoms with Crippen molar-refractivity contribution in [2.75, 3.05) is 11.9 Å². The van der Waals surface area contributed by atoms with E-state index in [1.54, 1.807) is 0 Å². The first-order valence-corrected chi connectivity index (χ1v) is 6.28. The molecule has 2 aromatic rings. The summed E-state index contributed by atoms with van der Waals surface area (Å²) in [6, 6.07) is 10.4. The van der Waals surface area contributed by atoms with Gasteiger partial charge in [-0.25, -0.2) is 0 Å². The van der Waals surface area contributed by atoms with Gasteiger partial charge in [-0.15, -0.1) is 0 Å². The van der Waals surface area contributed by atoms with E-state index in [0.717, 1.165) is 11.3 Å². The Bertz CT molecular complexity index is 581. The van der Waals surface area contributed by atoms with Crippen molar-refractivity contribution in [1.82, 2.24) is 0 Å². The van der Waals surface area contributed by atoms with Crippen LogP contribution in [0.15, 0.2) is 36.4 Å². The second-order valence-corrected chi connectivity index (χ2v) is 4.47. The van der Waals surface area contributed by atoms with Crippen molar-refractivity contribution >= 4 is 5.69 Å². The molecule has 106 valence electrons. The quantitative estimate of drug-likeness (QED) is 0.538. The third-order valence-corrected chi connectivity index (χ3v) is 3.05. The third kappa shape index (κ3) is 3.13. The van der Waals surface area contributed by atoms with Crippen molar-refractivity contribution in [2.45, 2.75) is 13.0 Å². The standard InChI is InChI=1S/C15H17NO4/c17-8-7-10-1-4-12(5-2-10)16-9-11-3-6-13(18)15(20)14(11)19/h1-6,16-20H,7-9H2. The number of aromatic hydroxyl groups is 3. The van der Waals surface area contributed by atoms with E-state index < -0.39 is 5.75 Å². The highest BCUT2D eigenvalue weighted by molar-refractivity contribution is 5.54. The smallest absolute Gasteiger partial charge is 0.200 e. The molecule has 5 nitrogen and oxygen atoms in total. The maximum Gasteiger partial charge on any atom is 0.200 e. The van der Waals surface area contributed by atoms with Gasteiger partial charge in [-0.1, -0.05) is 12.1 Å². The van der Waals surface area contributed by atoms with Crippen LogP contribution in [0.1, 0.15) is 11.1 Å². The van der Waals surface area contributed by atoms with Crippen LogP contribution in [0.3, 0.4) is 0 Å². The van der Waals surface area contributed by atoms with Crippen LogP contribution in [0.4, 0.5) is 5.69 Å². The summed E-state index contributed by atoms with van der Waals surface area (Å²) in [7, 11) is 0. The normalized spacial score (nSPS) is 10.4. The lowest BCUT2D eigenvalue weighted by Crippen LogP contribution is -2.00. The molecule has 0 amide bonds. The zero-order valence-corrected chi connectivity index (χ0v) is 10.9. The number of benzene rings is 2. The van der Waals surface area contributed by atoms with Gasteiger partial charge >= 0.3 is 0 Å². The number of aliphatic hydroxyl groups is 1. The van der Waals surface area contributed by atoms with Gasteiger partial charge in [0.1, 0.15) is 0 Å². The van der Waals surface area contributed by atoms with Gasteiger partial charge in [0.15, 0.2) is 11.5 Å². The first-order valence-electron chi connectivity index (χ1n) is 6.28. The van der Waals surface area contributed by atoms with Crippen LogP contribution in [-0.4, -0.2) is 27.0 Å². The van der Waals surface area contributed by atoms with Gasteiger partial charge in [-0.05, 0) is 36.2 Å². The summed E-state index contributed by atoms with van der Waals surface area (Å²) in [5, 5.41) is 40.3. The second-order valence-electron chi connectivity index (χ2n) is 4.47. The van der Waals surface area contributed by atoms with E-state index in [1.807, 2.05) is 24.3 Å². The molecule has 0 heterocycles. The average molecular weight is 275 g/mol. The molecule has 2 aromatic carbocycles. The summed E-state index contributed by atoms with van der Waals surface area (Å²) in [4.78, 5) is 0. The van der Waals surface area contributed by atoms with Gasteiger partial charge in [0.2, 0.25) is 5.75 Å². The van der Waals surface area contributed by atoms with Crippen LogP contribution in [0.25, 0.3) is 0 Å². The van der Waals surface area contributed by atoms with Crippen molar-refractivity contribution in [3.8, 4) is 17.2 Å². The SMILES string of the molecule is OCCc1ccc(NCc2ccc(O)c(O)c2O)cc1. The number of rotatable bonds is 5. The van der Waals surface area contributed by atoms with Gasteiger partial charge in [0.25, 0.3) is 0 Å². The van der Waals surface area contributed by atoms with E-state index in [-0.39, 0.29) is 18.1 Å². The van der Waals surface area contributed by atoms with E-state index >= 15 is 0 Å². The minimum atomic E-state index is -0.511. The molecule has 0 atom stereocenters. The Morgan fingerprint density at radius 3 is 2.20 bits per heavy atom. The average Bonchev–Trinajstić information content (AvgIpc) is 2.46. The number of phenols is 3. The highest BCUT2D eigenvalue weighted by Gasteiger charge is 2.10. The fourth-order valence-corrected chi connectivity index (χ4v) is 1.87. The summed E-state index contributed by atoms with van der Waals surface area (Å²) in [5.41, 5.74) is 2.39. The molecular formula is C15H17NO4. The van der Waals surface area contributed by atoms with Crippen molar-refractivity contribution in [3.05, 3.63) is 47.5 Å². The molecule has 20 heavy (non-hydrogen) atoms. The van der Waals surface area contributed by atoms with Crippen molar-refractivity contribution in [1.29, 1.82) is 0 Å². The van der Waals surface area contributed by atoms with Crippen LogP contribution in [0.2, 0.25) is 0 Å². The Morgan fingerprint density at radius 2 is 1.55 bits per heavy atom. The molecule has 0 saturated heterocycles. The summed E-state index contributed by atoms with van der Waals surface area (Å²) in [6.07, 6.45) is 0.618. The van der Waals surface area contributed by atoms with E-state index in [9.17, 15) is 15.3 Å². The Labute approximate surface area is 116 Å². The minimum Gasteiger partial charge on any atom is -0.504 e. The number of phenolic OH excluding ortho intramolecular Hbond substituents is 3. The lowest BCUT2D eigenvalue weighted by atomic mass is 10.1. The van der Waals surface area contributed by atoms with Crippen LogP contribution < -0.4 is 5.32 Å². The van der Waals surface area contributed by atoms with E-state index in [0.29, 0.717) is 18.5 Å². The molecule has 0 fully saturated rings. The number of aliphatic hydroxyl groups excluding tert-OH is 1. The van der Waals surface area contributed by atoms with E-state index in [2.05, 4.69) is 5.32 Å². The maximum absolute atomic E-state index is 9.69. The molecule has 0 aliphatic carbocycles. The van der Waals surface area contributed by atoms with Crippen molar-refractivity contribution < 1.29 is 20.4 Å². The predicted octanol–water partition coefficient (Wildman–Crippen LogP) is 1.95. The van der Waals surface area contributed by atoms with Crippen LogP contribution in [0, 0.1) is 0 Å². The summed E-state index contributed by atoms with van der Waals surface area (Å²) in [5.74, 6) is -1.18. The van der Waals surface area contributed by atoms with Gasteiger partial charge in [0.05, 0.1) is 0 Å². The number of hydrogen-bond donors (Lipinski definition) is 5. The number of anilines is 1. The minimum absolute atomic E-state index is 0.118. The topological polar surface area (TPSA) is 93.0 Å². The fourth-order valence-electron chi connectivity index (χ4n) is 1.87. The summed E-state index contributed by atoms with van der Waals surface area (Å²) < 4.78 is 0. The lowest BCUT2D eigenvalue weighted by Gasteiger charge is -2.10. The van der Waals surface area contributed by atoms with E-state index in [4.69, 9.17) is 5.11 Å². The fraction of sp³-hybridized carbons (Fsp3) is 0.200. The van der Waals surface area contributed by atoms with Gasteiger partial charge in [0, 0.05) is 24.4 Å². The molecule has 0 bridgehead atoms. The zero-order valence-electron chi connectivity index (χ0n) is 10.9. The summed E-state index contributed by atoms with van der Waals surface area (Å²) in [6.45, 7) is 0.437. The molecule has 0 spiro atoms. The molecule has 0 aromatic heterocycles. The van der Waals surface area contributed by atoms with Crippen LogP contribution in [-0.2, 0) is 13.0 Å². The molecule has 2 rings (SSSR count). The molecule has 0 unspecified atom stereocenters. The Balaban J connectivity index is 2.03.